The molecule has 0 aliphatic carbocycles. The third kappa shape index (κ3) is 2.32. The van der Waals surface area contributed by atoms with E-state index >= 15 is 0 Å². The van der Waals surface area contributed by atoms with E-state index in [2.05, 4.69) is 0 Å². The summed E-state index contributed by atoms with van der Waals surface area (Å²) in [5.41, 5.74) is 0.613. The monoisotopic (exact) mass is 294 g/mol. The van der Waals surface area contributed by atoms with Crippen molar-refractivity contribution in [2.24, 2.45) is 0 Å². The molecule has 2 rings (SSSR count). The molecular weight excluding hydrogens is 284 g/mol. The van der Waals surface area contributed by atoms with Gasteiger partial charge in [-0.15, -0.1) is 0 Å². The van der Waals surface area contributed by atoms with Crippen LogP contribution in [0.15, 0.2) is 41.6 Å². The molecule has 7 nitrogen and oxygen atoms in total. The van der Waals surface area contributed by atoms with Gasteiger partial charge >= 0.3 is 0 Å². The standard InChI is InChI=1S/C12H10N2O5S/c1-9-6-13(7-10(9)8-15)20(18,19)12-4-2-11(3-5-12)14(16)17/h2-8H,1H3. The van der Waals surface area contributed by atoms with Crippen molar-refractivity contribution in [1.82, 2.24) is 3.97 Å². The van der Waals surface area contributed by atoms with Crippen LogP contribution in [0.3, 0.4) is 0 Å². The second-order valence-corrected chi connectivity index (χ2v) is 5.94. The minimum absolute atomic E-state index is 0.0875. The van der Waals surface area contributed by atoms with Crippen molar-refractivity contribution in [3.63, 3.8) is 0 Å². The Morgan fingerprint density at radius 1 is 1.20 bits per heavy atom. The molecule has 0 aliphatic heterocycles. The first-order chi connectivity index (χ1) is 9.36. The minimum Gasteiger partial charge on any atom is -0.298 e. The lowest BCUT2D eigenvalue weighted by Gasteiger charge is -2.04. The molecule has 0 amide bonds. The molecule has 20 heavy (non-hydrogen) atoms. The largest absolute Gasteiger partial charge is 0.298 e. The summed E-state index contributed by atoms with van der Waals surface area (Å²) in [6, 6.07) is 4.54. The van der Waals surface area contributed by atoms with Gasteiger partial charge in [0, 0.05) is 30.1 Å². The number of carbonyl (C=O) groups is 1. The average molecular weight is 294 g/mol. The number of hydrogen-bond acceptors (Lipinski definition) is 5. The van der Waals surface area contributed by atoms with Crippen LogP contribution >= 0.6 is 0 Å². The second kappa shape index (κ2) is 4.89. The first kappa shape index (κ1) is 13.9. The van der Waals surface area contributed by atoms with Gasteiger partial charge in [0.15, 0.2) is 6.29 Å². The number of hydrogen-bond donors (Lipinski definition) is 0. The van der Waals surface area contributed by atoms with Gasteiger partial charge in [0.05, 0.1) is 9.82 Å². The lowest BCUT2D eigenvalue weighted by molar-refractivity contribution is -0.384. The Bertz CT molecular complexity index is 775. The van der Waals surface area contributed by atoms with Crippen LogP contribution in [-0.2, 0) is 10.0 Å². The highest BCUT2D eigenvalue weighted by molar-refractivity contribution is 7.90. The first-order valence-corrected chi connectivity index (χ1v) is 6.94. The fourth-order valence-corrected chi connectivity index (χ4v) is 2.94. The molecule has 0 saturated carbocycles. The summed E-state index contributed by atoms with van der Waals surface area (Å²) in [6.07, 6.45) is 3.09. The Morgan fingerprint density at radius 2 is 1.80 bits per heavy atom. The van der Waals surface area contributed by atoms with E-state index in [1.54, 1.807) is 6.92 Å². The Morgan fingerprint density at radius 3 is 2.25 bits per heavy atom. The number of non-ortho nitro benzene ring substituents is 1. The quantitative estimate of drug-likeness (QED) is 0.486. The Labute approximate surface area is 114 Å². The van der Waals surface area contributed by atoms with E-state index in [0.717, 1.165) is 28.2 Å². The summed E-state index contributed by atoms with van der Waals surface area (Å²) in [5, 5.41) is 10.5. The van der Waals surface area contributed by atoms with E-state index in [9.17, 15) is 23.3 Å². The van der Waals surface area contributed by atoms with Crippen molar-refractivity contribution in [1.29, 1.82) is 0 Å². The maximum Gasteiger partial charge on any atom is 0.269 e. The maximum atomic E-state index is 12.3. The predicted octanol–water partition coefficient (Wildman–Crippen LogP) is 1.75. The van der Waals surface area contributed by atoms with Crippen LogP contribution in [0.5, 0.6) is 0 Å². The number of rotatable bonds is 4. The lowest BCUT2D eigenvalue weighted by atomic mass is 10.2. The minimum atomic E-state index is -3.86. The number of nitro groups is 1. The van der Waals surface area contributed by atoms with Crippen LogP contribution in [0.1, 0.15) is 15.9 Å². The van der Waals surface area contributed by atoms with Gasteiger partial charge in [-0.1, -0.05) is 0 Å². The van der Waals surface area contributed by atoms with Crippen molar-refractivity contribution in [2.75, 3.05) is 0 Å². The second-order valence-electron chi connectivity index (χ2n) is 4.10. The summed E-state index contributed by atoms with van der Waals surface area (Å²) in [6.45, 7) is 1.62. The Balaban J connectivity index is 2.48. The van der Waals surface area contributed by atoms with Gasteiger partial charge in [0.1, 0.15) is 0 Å². The molecule has 0 saturated heterocycles. The summed E-state index contributed by atoms with van der Waals surface area (Å²) < 4.78 is 25.5. The number of aromatic nitrogens is 1. The first-order valence-electron chi connectivity index (χ1n) is 5.50. The SMILES string of the molecule is Cc1cn(S(=O)(=O)c2ccc([N+](=O)[O-])cc2)cc1C=O. The molecule has 8 heteroatoms. The van der Waals surface area contributed by atoms with Gasteiger partial charge in [-0.25, -0.2) is 12.4 Å². The lowest BCUT2D eigenvalue weighted by Crippen LogP contribution is -2.10. The molecule has 0 fully saturated rings. The fraction of sp³-hybridized carbons (Fsp3) is 0.0833. The number of nitro benzene ring substituents is 1. The molecule has 0 N–H and O–H groups in total. The molecule has 104 valence electrons. The number of aldehydes is 1. The smallest absolute Gasteiger partial charge is 0.269 e. The summed E-state index contributed by atoms with van der Waals surface area (Å²) in [7, 11) is -3.86. The fourth-order valence-electron chi connectivity index (χ4n) is 1.67. The molecule has 0 unspecified atom stereocenters. The highest BCUT2D eigenvalue weighted by atomic mass is 32.2. The van der Waals surface area contributed by atoms with Gasteiger partial charge in [0.2, 0.25) is 0 Å². The van der Waals surface area contributed by atoms with Crippen LogP contribution in [0.25, 0.3) is 0 Å². The van der Waals surface area contributed by atoms with Crippen LogP contribution in [0, 0.1) is 17.0 Å². The highest BCUT2D eigenvalue weighted by Gasteiger charge is 2.19. The summed E-state index contributed by atoms with van der Waals surface area (Å²) in [4.78, 5) is 20.6. The molecule has 1 heterocycles. The van der Waals surface area contributed by atoms with Crippen molar-refractivity contribution in [2.45, 2.75) is 11.8 Å². The van der Waals surface area contributed by atoms with Gasteiger partial charge in [0.25, 0.3) is 15.7 Å². The summed E-state index contributed by atoms with van der Waals surface area (Å²) >= 11 is 0. The molecule has 0 bridgehead atoms. The van der Waals surface area contributed by atoms with E-state index < -0.39 is 14.9 Å². The van der Waals surface area contributed by atoms with Crippen molar-refractivity contribution >= 4 is 22.0 Å². The van der Waals surface area contributed by atoms with Gasteiger partial charge in [-0.05, 0) is 24.6 Å². The zero-order valence-electron chi connectivity index (χ0n) is 10.4. The van der Waals surface area contributed by atoms with E-state index in [4.69, 9.17) is 0 Å². The molecule has 0 spiro atoms. The van der Waals surface area contributed by atoms with E-state index in [-0.39, 0.29) is 16.1 Å². The van der Waals surface area contributed by atoms with Crippen molar-refractivity contribution < 1.29 is 18.1 Å². The maximum absolute atomic E-state index is 12.3. The predicted molar refractivity (Wildman–Crippen MR) is 70.2 cm³/mol. The Kier molecular flexibility index (Phi) is 3.41. The number of aryl methyl sites for hydroxylation is 1. The van der Waals surface area contributed by atoms with Crippen LogP contribution in [-0.4, -0.2) is 23.6 Å². The van der Waals surface area contributed by atoms with Crippen LogP contribution in [0.2, 0.25) is 0 Å². The van der Waals surface area contributed by atoms with E-state index in [1.807, 2.05) is 0 Å². The zero-order valence-corrected chi connectivity index (χ0v) is 11.2. The van der Waals surface area contributed by atoms with Crippen LogP contribution in [0.4, 0.5) is 5.69 Å². The molecule has 2 aromatic rings. The molecular formula is C12H10N2O5S. The average Bonchev–Trinajstić information content (AvgIpc) is 2.80. The molecule has 1 aromatic heterocycles. The van der Waals surface area contributed by atoms with Crippen molar-refractivity contribution in [3.8, 4) is 0 Å². The van der Waals surface area contributed by atoms with Gasteiger partial charge in [-0.3, -0.25) is 14.9 Å². The molecule has 0 radical (unpaired) electrons. The normalized spacial score (nSPS) is 11.2. The van der Waals surface area contributed by atoms with E-state index in [0.29, 0.717) is 11.8 Å². The number of nitrogens with zero attached hydrogens (tertiary/aromatic N) is 2. The Hall–Kier alpha value is -2.48. The van der Waals surface area contributed by atoms with E-state index in [1.165, 1.54) is 12.4 Å². The van der Waals surface area contributed by atoms with Gasteiger partial charge < -0.3 is 0 Å². The van der Waals surface area contributed by atoms with Crippen molar-refractivity contribution in [3.05, 3.63) is 57.9 Å². The third-order valence-corrected chi connectivity index (χ3v) is 4.43. The number of benzene rings is 1. The molecule has 0 atom stereocenters. The third-order valence-electron chi connectivity index (χ3n) is 2.79. The molecule has 1 aromatic carbocycles. The van der Waals surface area contributed by atoms with Crippen LogP contribution < -0.4 is 0 Å². The zero-order chi connectivity index (χ0) is 14.9. The topological polar surface area (TPSA) is 99.3 Å². The summed E-state index contributed by atoms with van der Waals surface area (Å²) in [5.74, 6) is 0. The van der Waals surface area contributed by atoms with Gasteiger partial charge in [-0.2, -0.15) is 0 Å². The molecule has 0 aliphatic rings. The highest BCUT2D eigenvalue weighted by Crippen LogP contribution is 2.20. The number of carbonyl (C=O) groups excluding carboxylic acids is 1.